The number of carbonyl (C=O) groups is 1. The monoisotopic (exact) mass is 316 g/mol. The Bertz CT molecular complexity index is 715. The molecule has 0 fully saturated rings. The zero-order valence-electron chi connectivity index (χ0n) is 12.5. The highest BCUT2D eigenvalue weighted by molar-refractivity contribution is 7.80. The van der Waals surface area contributed by atoms with Crippen LogP contribution in [0, 0.1) is 5.82 Å². The molecule has 1 amide bonds. The summed E-state index contributed by atoms with van der Waals surface area (Å²) in [5.74, 6) is -0.553. The van der Waals surface area contributed by atoms with Gasteiger partial charge in [0.25, 0.3) is 5.91 Å². The summed E-state index contributed by atoms with van der Waals surface area (Å²) in [6, 6.07) is 12.5. The van der Waals surface area contributed by atoms with Crippen LogP contribution >= 0.6 is 12.6 Å². The Morgan fingerprint density at radius 1 is 1.18 bits per heavy atom. The first-order valence-corrected chi connectivity index (χ1v) is 7.54. The molecule has 2 aromatic carbocycles. The van der Waals surface area contributed by atoms with Crippen molar-refractivity contribution in [1.82, 2.24) is 4.90 Å². The van der Waals surface area contributed by atoms with Crippen molar-refractivity contribution in [3.05, 3.63) is 65.0 Å². The maximum atomic E-state index is 13.9. The van der Waals surface area contributed by atoms with E-state index in [0.717, 1.165) is 11.3 Å². The van der Waals surface area contributed by atoms with Gasteiger partial charge in [0.15, 0.2) is 0 Å². The van der Waals surface area contributed by atoms with Gasteiger partial charge in [-0.2, -0.15) is 0 Å². The summed E-state index contributed by atoms with van der Waals surface area (Å²) in [6.45, 7) is 0.412. The molecule has 0 bridgehead atoms. The lowest BCUT2D eigenvalue weighted by atomic mass is 10.1. The minimum atomic E-state index is -0.544. The number of rotatable bonds is 3. The molecule has 1 atom stereocenters. The first-order chi connectivity index (χ1) is 10.5. The Morgan fingerprint density at radius 2 is 1.86 bits per heavy atom. The van der Waals surface area contributed by atoms with Crippen LogP contribution in [-0.2, 0) is 6.54 Å². The molecule has 0 aromatic heterocycles. The average Bonchev–Trinajstić information content (AvgIpc) is 2.74. The second-order valence-corrected chi connectivity index (χ2v) is 6.06. The molecular formula is C17H17FN2OS. The first-order valence-electron chi connectivity index (χ1n) is 7.02. The van der Waals surface area contributed by atoms with Gasteiger partial charge in [-0.3, -0.25) is 4.79 Å². The third-order valence-corrected chi connectivity index (χ3v) is 4.44. The molecule has 1 aliphatic rings. The zero-order valence-corrected chi connectivity index (χ0v) is 13.3. The lowest BCUT2D eigenvalue weighted by Gasteiger charge is -2.22. The highest BCUT2D eigenvalue weighted by atomic mass is 32.1. The number of amides is 1. The summed E-state index contributed by atoms with van der Waals surface area (Å²) in [5, 5.41) is -0.544. The standard InChI is InChI=1S/C17H17FN2OS/c1-19(2)12-8-6-11(7-9-12)10-20-16(21)13-4-3-5-14(18)15(13)17(20)22/h3-9,17,22H,10H2,1-2H3. The predicted octanol–water partition coefficient (Wildman–Crippen LogP) is 3.48. The summed E-state index contributed by atoms with van der Waals surface area (Å²) in [7, 11) is 3.95. The molecule has 0 aliphatic carbocycles. The van der Waals surface area contributed by atoms with Crippen molar-refractivity contribution in [2.24, 2.45) is 0 Å². The fourth-order valence-electron chi connectivity index (χ4n) is 2.66. The van der Waals surface area contributed by atoms with Crippen LogP contribution in [0.5, 0.6) is 0 Å². The van der Waals surface area contributed by atoms with E-state index in [1.54, 1.807) is 17.0 Å². The van der Waals surface area contributed by atoms with Crippen LogP contribution in [-0.4, -0.2) is 24.9 Å². The van der Waals surface area contributed by atoms with Crippen LogP contribution in [0.2, 0.25) is 0 Å². The number of fused-ring (bicyclic) bond motifs is 1. The lowest BCUT2D eigenvalue weighted by molar-refractivity contribution is 0.0762. The van der Waals surface area contributed by atoms with Gasteiger partial charge < -0.3 is 9.80 Å². The molecule has 0 N–H and O–H groups in total. The molecule has 2 aromatic rings. The topological polar surface area (TPSA) is 23.6 Å². The van der Waals surface area contributed by atoms with Crippen molar-refractivity contribution >= 4 is 24.2 Å². The van der Waals surface area contributed by atoms with Crippen molar-refractivity contribution in [3.8, 4) is 0 Å². The molecule has 1 heterocycles. The van der Waals surface area contributed by atoms with Crippen LogP contribution in [0.3, 0.4) is 0 Å². The average molecular weight is 316 g/mol. The molecule has 0 spiro atoms. The van der Waals surface area contributed by atoms with Crippen LogP contribution in [0.1, 0.15) is 26.9 Å². The lowest BCUT2D eigenvalue weighted by Crippen LogP contribution is -2.25. The van der Waals surface area contributed by atoms with Crippen molar-refractivity contribution in [3.63, 3.8) is 0 Å². The van der Waals surface area contributed by atoms with Gasteiger partial charge in [-0.25, -0.2) is 4.39 Å². The second-order valence-electron chi connectivity index (χ2n) is 5.57. The Kier molecular flexibility index (Phi) is 3.83. The van der Waals surface area contributed by atoms with E-state index in [9.17, 15) is 9.18 Å². The smallest absolute Gasteiger partial charge is 0.255 e. The van der Waals surface area contributed by atoms with Crippen molar-refractivity contribution in [2.75, 3.05) is 19.0 Å². The summed E-state index contributed by atoms with van der Waals surface area (Å²) in [5.41, 5.74) is 2.87. The van der Waals surface area contributed by atoms with Gasteiger partial charge in [-0.05, 0) is 29.8 Å². The van der Waals surface area contributed by atoms with Crippen molar-refractivity contribution in [2.45, 2.75) is 11.9 Å². The molecule has 5 heteroatoms. The quantitative estimate of drug-likeness (QED) is 0.877. The minimum absolute atomic E-state index is 0.175. The van der Waals surface area contributed by atoms with E-state index in [1.807, 2.05) is 43.3 Å². The van der Waals surface area contributed by atoms with Crippen LogP contribution in [0.25, 0.3) is 0 Å². The highest BCUT2D eigenvalue weighted by Gasteiger charge is 2.36. The number of halogens is 1. The van der Waals surface area contributed by atoms with Crippen LogP contribution in [0.4, 0.5) is 10.1 Å². The van der Waals surface area contributed by atoms with Crippen LogP contribution < -0.4 is 4.90 Å². The Morgan fingerprint density at radius 3 is 2.45 bits per heavy atom. The third kappa shape index (κ3) is 2.46. The number of benzene rings is 2. The van der Waals surface area contributed by atoms with E-state index < -0.39 is 5.37 Å². The van der Waals surface area contributed by atoms with E-state index in [2.05, 4.69) is 12.6 Å². The predicted molar refractivity (Wildman–Crippen MR) is 88.8 cm³/mol. The summed E-state index contributed by atoms with van der Waals surface area (Å²) in [4.78, 5) is 16.0. The molecule has 114 valence electrons. The third-order valence-electron chi connectivity index (χ3n) is 3.90. The molecule has 1 unspecified atom stereocenters. The number of nitrogens with zero attached hydrogens (tertiary/aromatic N) is 2. The van der Waals surface area contributed by atoms with E-state index in [4.69, 9.17) is 0 Å². The molecule has 22 heavy (non-hydrogen) atoms. The fourth-order valence-corrected chi connectivity index (χ4v) is 3.11. The summed E-state index contributed by atoms with van der Waals surface area (Å²) in [6.07, 6.45) is 0. The second kappa shape index (κ2) is 5.65. The van der Waals surface area contributed by atoms with Gasteiger partial charge in [-0.1, -0.05) is 18.2 Å². The van der Waals surface area contributed by atoms with E-state index in [0.29, 0.717) is 17.7 Å². The Balaban J connectivity index is 1.85. The summed E-state index contributed by atoms with van der Waals surface area (Å²) >= 11 is 4.44. The van der Waals surface area contributed by atoms with Crippen molar-refractivity contribution in [1.29, 1.82) is 0 Å². The van der Waals surface area contributed by atoms with E-state index >= 15 is 0 Å². The zero-order chi connectivity index (χ0) is 15.9. The highest BCUT2D eigenvalue weighted by Crippen LogP contribution is 2.38. The Hall–Kier alpha value is -2.01. The first kappa shape index (κ1) is 14.9. The Labute approximate surface area is 134 Å². The number of hydrogen-bond acceptors (Lipinski definition) is 3. The molecule has 0 saturated carbocycles. The van der Waals surface area contributed by atoms with Gasteiger partial charge in [0.05, 0.1) is 0 Å². The molecule has 3 nitrogen and oxygen atoms in total. The minimum Gasteiger partial charge on any atom is -0.378 e. The number of anilines is 1. The summed E-state index contributed by atoms with van der Waals surface area (Å²) < 4.78 is 13.9. The number of carbonyl (C=O) groups excluding carboxylic acids is 1. The fraction of sp³-hybridized carbons (Fsp3) is 0.235. The number of thiol groups is 1. The van der Waals surface area contributed by atoms with E-state index in [1.165, 1.54) is 6.07 Å². The molecule has 0 saturated heterocycles. The molecule has 0 radical (unpaired) electrons. The molecule has 1 aliphatic heterocycles. The van der Waals surface area contributed by atoms with Crippen molar-refractivity contribution < 1.29 is 9.18 Å². The SMILES string of the molecule is CN(C)c1ccc(CN2C(=O)c3cccc(F)c3C2S)cc1. The normalized spacial score (nSPS) is 16.8. The van der Waals surface area contributed by atoms with Gasteiger partial charge >= 0.3 is 0 Å². The number of hydrogen-bond donors (Lipinski definition) is 1. The van der Waals surface area contributed by atoms with Crippen LogP contribution in [0.15, 0.2) is 42.5 Å². The molecule has 3 rings (SSSR count). The van der Waals surface area contributed by atoms with Gasteiger partial charge in [0, 0.05) is 37.5 Å². The van der Waals surface area contributed by atoms with E-state index in [-0.39, 0.29) is 11.7 Å². The van der Waals surface area contributed by atoms with Gasteiger partial charge in [0.1, 0.15) is 11.2 Å². The largest absolute Gasteiger partial charge is 0.378 e. The molecular weight excluding hydrogens is 299 g/mol. The maximum absolute atomic E-state index is 13.9. The van der Waals surface area contributed by atoms with Gasteiger partial charge in [0.2, 0.25) is 0 Å². The maximum Gasteiger partial charge on any atom is 0.255 e. The van der Waals surface area contributed by atoms with Gasteiger partial charge in [-0.15, -0.1) is 12.6 Å².